The Balaban J connectivity index is 2.33. The Morgan fingerprint density at radius 3 is 2.63 bits per heavy atom. The number of rotatable bonds is 2. The van der Waals surface area contributed by atoms with E-state index in [1.807, 2.05) is 6.92 Å². The summed E-state index contributed by atoms with van der Waals surface area (Å²) < 4.78 is 13.4. The van der Waals surface area contributed by atoms with Crippen molar-refractivity contribution in [1.82, 2.24) is 0 Å². The molecule has 0 aromatic heterocycles. The summed E-state index contributed by atoms with van der Waals surface area (Å²) in [6, 6.07) is 6.71. The molecule has 2 rings (SSSR count). The molecule has 0 radical (unpaired) electrons. The lowest BCUT2D eigenvalue weighted by Crippen LogP contribution is -2.32. The predicted molar refractivity (Wildman–Crippen MR) is 71.8 cm³/mol. The number of aryl methyl sites for hydroxylation is 1. The molecule has 19 heavy (non-hydrogen) atoms. The molecule has 0 amide bonds. The van der Waals surface area contributed by atoms with Crippen LogP contribution in [-0.2, 0) is 0 Å². The van der Waals surface area contributed by atoms with Gasteiger partial charge in [0, 0.05) is 0 Å². The van der Waals surface area contributed by atoms with Gasteiger partial charge in [-0.1, -0.05) is 13.0 Å². The number of nitriles is 1. The van der Waals surface area contributed by atoms with Crippen molar-refractivity contribution in [3.63, 3.8) is 0 Å². The van der Waals surface area contributed by atoms with Crippen LogP contribution in [0.3, 0.4) is 0 Å². The first-order chi connectivity index (χ1) is 8.98. The lowest BCUT2D eigenvalue weighted by molar-refractivity contribution is 0.0260. The third kappa shape index (κ3) is 2.64. The highest BCUT2D eigenvalue weighted by Gasteiger charge is 2.42. The molecule has 0 aliphatic heterocycles. The topological polar surface area (TPSA) is 44.0 Å². The lowest BCUT2D eigenvalue weighted by atomic mass is 9.66. The molecule has 1 aromatic rings. The van der Waals surface area contributed by atoms with Gasteiger partial charge in [-0.3, -0.25) is 0 Å². The maximum atomic E-state index is 13.4. The minimum atomic E-state index is -0.902. The number of benzene rings is 1. The largest absolute Gasteiger partial charge is 0.387 e. The summed E-state index contributed by atoms with van der Waals surface area (Å²) in [7, 11) is 0. The zero-order valence-corrected chi connectivity index (χ0v) is 11.5. The Morgan fingerprint density at radius 1 is 1.42 bits per heavy atom. The van der Waals surface area contributed by atoms with Gasteiger partial charge in [0.1, 0.15) is 5.82 Å². The number of hydrogen-bond acceptors (Lipinski definition) is 2. The van der Waals surface area contributed by atoms with Crippen LogP contribution < -0.4 is 0 Å². The molecule has 102 valence electrons. The predicted octanol–water partition coefficient (Wildman–Crippen LogP) is 3.89. The Kier molecular flexibility index (Phi) is 3.91. The Bertz CT molecular complexity index is 498. The standard InChI is InChI=1S/C16H20FNO/c1-11-5-7-16(10-18,8-6-11)15(19)14-9-13(17)4-3-12(14)2/h3-4,9,11,15,19H,5-8H2,1-2H3. The van der Waals surface area contributed by atoms with Crippen LogP contribution in [0, 0.1) is 35.4 Å². The molecule has 1 unspecified atom stereocenters. The molecule has 1 saturated carbocycles. The zero-order valence-electron chi connectivity index (χ0n) is 11.5. The van der Waals surface area contributed by atoms with Gasteiger partial charge in [-0.25, -0.2) is 4.39 Å². The minimum Gasteiger partial charge on any atom is -0.387 e. The highest BCUT2D eigenvalue weighted by Crippen LogP contribution is 2.47. The van der Waals surface area contributed by atoms with E-state index in [0.717, 1.165) is 18.4 Å². The maximum absolute atomic E-state index is 13.4. The monoisotopic (exact) mass is 261 g/mol. The van der Waals surface area contributed by atoms with Gasteiger partial charge < -0.3 is 5.11 Å². The van der Waals surface area contributed by atoms with E-state index in [0.29, 0.717) is 24.3 Å². The summed E-state index contributed by atoms with van der Waals surface area (Å²) in [6.45, 7) is 4.01. The average molecular weight is 261 g/mol. The van der Waals surface area contributed by atoms with Crippen molar-refractivity contribution >= 4 is 0 Å². The van der Waals surface area contributed by atoms with E-state index in [4.69, 9.17) is 0 Å². The summed E-state index contributed by atoms with van der Waals surface area (Å²) in [4.78, 5) is 0. The van der Waals surface area contributed by atoms with Gasteiger partial charge in [0.2, 0.25) is 0 Å². The van der Waals surface area contributed by atoms with E-state index in [2.05, 4.69) is 13.0 Å². The fourth-order valence-electron chi connectivity index (χ4n) is 2.93. The number of hydrogen-bond donors (Lipinski definition) is 1. The third-order valence-electron chi connectivity index (χ3n) is 4.45. The Hall–Kier alpha value is -1.40. The van der Waals surface area contributed by atoms with Crippen molar-refractivity contribution in [2.24, 2.45) is 11.3 Å². The average Bonchev–Trinajstić information content (AvgIpc) is 2.42. The van der Waals surface area contributed by atoms with Gasteiger partial charge in [0.25, 0.3) is 0 Å². The second-order valence-electron chi connectivity index (χ2n) is 5.85. The van der Waals surface area contributed by atoms with Gasteiger partial charge in [-0.2, -0.15) is 5.26 Å². The third-order valence-corrected chi connectivity index (χ3v) is 4.45. The lowest BCUT2D eigenvalue weighted by Gasteiger charge is -2.38. The number of nitrogens with zero attached hydrogens (tertiary/aromatic N) is 1. The van der Waals surface area contributed by atoms with Crippen molar-refractivity contribution in [2.45, 2.75) is 45.6 Å². The minimum absolute atomic E-state index is 0.364. The molecular formula is C16H20FNO. The van der Waals surface area contributed by atoms with Crippen LogP contribution in [0.25, 0.3) is 0 Å². The fraction of sp³-hybridized carbons (Fsp3) is 0.562. The molecule has 2 nitrogen and oxygen atoms in total. The molecule has 0 saturated heterocycles. The van der Waals surface area contributed by atoms with E-state index in [1.165, 1.54) is 12.1 Å². The van der Waals surface area contributed by atoms with Crippen LogP contribution >= 0.6 is 0 Å². The van der Waals surface area contributed by atoms with E-state index >= 15 is 0 Å². The van der Waals surface area contributed by atoms with Crippen molar-refractivity contribution in [3.05, 3.63) is 35.1 Å². The first kappa shape index (κ1) is 14.0. The molecule has 1 atom stereocenters. The van der Waals surface area contributed by atoms with Crippen LogP contribution in [0.5, 0.6) is 0 Å². The van der Waals surface area contributed by atoms with Gasteiger partial charge in [0.15, 0.2) is 0 Å². The summed E-state index contributed by atoms with van der Waals surface area (Å²) in [5.74, 6) is 0.235. The fourth-order valence-corrected chi connectivity index (χ4v) is 2.93. The van der Waals surface area contributed by atoms with E-state index < -0.39 is 11.5 Å². The zero-order chi connectivity index (χ0) is 14.0. The molecule has 0 bridgehead atoms. The van der Waals surface area contributed by atoms with Crippen molar-refractivity contribution in [2.75, 3.05) is 0 Å². The molecule has 1 aromatic carbocycles. The summed E-state index contributed by atoms with van der Waals surface area (Å²) >= 11 is 0. The van der Waals surface area contributed by atoms with Crippen molar-refractivity contribution in [3.8, 4) is 6.07 Å². The molecule has 1 N–H and O–H groups in total. The highest BCUT2D eigenvalue weighted by molar-refractivity contribution is 5.31. The smallest absolute Gasteiger partial charge is 0.123 e. The summed E-state index contributed by atoms with van der Waals surface area (Å²) in [5, 5.41) is 20.1. The van der Waals surface area contributed by atoms with E-state index in [1.54, 1.807) is 6.07 Å². The first-order valence-electron chi connectivity index (χ1n) is 6.84. The van der Waals surface area contributed by atoms with Crippen molar-refractivity contribution in [1.29, 1.82) is 5.26 Å². The normalized spacial score (nSPS) is 28.7. The van der Waals surface area contributed by atoms with Gasteiger partial charge in [-0.05, 0) is 61.8 Å². The number of halogens is 1. The second-order valence-corrected chi connectivity index (χ2v) is 5.85. The highest BCUT2D eigenvalue weighted by atomic mass is 19.1. The van der Waals surface area contributed by atoms with E-state index in [-0.39, 0.29) is 5.82 Å². The Labute approximate surface area is 113 Å². The van der Waals surface area contributed by atoms with Crippen LogP contribution in [0.15, 0.2) is 18.2 Å². The number of aliphatic hydroxyl groups is 1. The van der Waals surface area contributed by atoms with Gasteiger partial charge in [0.05, 0.1) is 17.6 Å². The molecular weight excluding hydrogens is 241 g/mol. The molecule has 1 aliphatic carbocycles. The molecule has 1 fully saturated rings. The second kappa shape index (κ2) is 5.30. The Morgan fingerprint density at radius 2 is 2.05 bits per heavy atom. The quantitative estimate of drug-likeness (QED) is 0.877. The van der Waals surface area contributed by atoms with Crippen molar-refractivity contribution < 1.29 is 9.50 Å². The molecule has 0 heterocycles. The molecule has 0 spiro atoms. The summed E-state index contributed by atoms with van der Waals surface area (Å²) in [6.07, 6.45) is 2.35. The van der Waals surface area contributed by atoms with Crippen LogP contribution in [0.4, 0.5) is 4.39 Å². The molecule has 3 heteroatoms. The van der Waals surface area contributed by atoms with Crippen LogP contribution in [0.1, 0.15) is 49.8 Å². The SMILES string of the molecule is Cc1ccc(F)cc1C(O)C1(C#N)CCC(C)CC1. The molecule has 1 aliphatic rings. The first-order valence-corrected chi connectivity index (χ1v) is 6.84. The van der Waals surface area contributed by atoms with Gasteiger partial charge in [-0.15, -0.1) is 0 Å². The van der Waals surface area contributed by atoms with Crippen LogP contribution in [0.2, 0.25) is 0 Å². The summed E-state index contributed by atoms with van der Waals surface area (Å²) in [5.41, 5.74) is 0.628. The van der Waals surface area contributed by atoms with Crippen LogP contribution in [-0.4, -0.2) is 5.11 Å². The number of aliphatic hydroxyl groups excluding tert-OH is 1. The van der Waals surface area contributed by atoms with E-state index in [9.17, 15) is 14.8 Å². The van der Waals surface area contributed by atoms with Gasteiger partial charge >= 0.3 is 0 Å². The maximum Gasteiger partial charge on any atom is 0.123 e.